The maximum absolute atomic E-state index is 5.99. The first-order valence-electron chi connectivity index (χ1n) is 7.83. The number of hydrogen-bond donors (Lipinski definition) is 2. The van der Waals surface area contributed by atoms with Gasteiger partial charge in [0.15, 0.2) is 0 Å². The number of likely N-dealkylation sites (N-methyl/N-ethyl adjacent to an activating group) is 1. The van der Waals surface area contributed by atoms with Crippen LogP contribution in [0.15, 0.2) is 30.5 Å². The summed E-state index contributed by atoms with van der Waals surface area (Å²) in [5, 5.41) is 1.37. The molecule has 3 rings (SSSR count). The summed E-state index contributed by atoms with van der Waals surface area (Å²) in [6.45, 7) is 1.08. The van der Waals surface area contributed by atoms with Crippen LogP contribution in [0.4, 0.5) is 0 Å². The second-order valence-corrected chi connectivity index (χ2v) is 6.39. The first-order valence-corrected chi connectivity index (χ1v) is 7.83. The molecule has 1 heterocycles. The Labute approximate surface area is 151 Å². The van der Waals surface area contributed by atoms with E-state index in [0.29, 0.717) is 6.04 Å². The van der Waals surface area contributed by atoms with Crippen LogP contribution >= 0.6 is 24.8 Å². The largest absolute Gasteiger partial charge is 0.361 e. The Kier molecular flexibility index (Phi) is 7.62. The molecule has 128 valence electrons. The van der Waals surface area contributed by atoms with E-state index in [2.05, 4.69) is 54.5 Å². The third-order valence-electron chi connectivity index (χ3n) is 4.42. The average molecular weight is 356 g/mol. The van der Waals surface area contributed by atoms with Crippen LogP contribution in [0, 0.1) is 0 Å². The molecule has 0 saturated heterocycles. The Morgan fingerprint density at radius 1 is 1.26 bits per heavy atom. The number of nitrogens with two attached hydrogens (primary N) is 1. The highest BCUT2D eigenvalue weighted by Gasteiger charge is 2.13. The van der Waals surface area contributed by atoms with Crippen molar-refractivity contribution in [2.75, 3.05) is 20.6 Å². The van der Waals surface area contributed by atoms with Gasteiger partial charge >= 0.3 is 0 Å². The van der Waals surface area contributed by atoms with Crippen LogP contribution < -0.4 is 5.73 Å². The summed E-state index contributed by atoms with van der Waals surface area (Å²) in [4.78, 5) is 5.62. The first kappa shape index (κ1) is 20.0. The molecule has 23 heavy (non-hydrogen) atoms. The van der Waals surface area contributed by atoms with Crippen molar-refractivity contribution in [3.63, 3.8) is 0 Å². The Bertz CT molecular complexity index is 661. The van der Waals surface area contributed by atoms with Gasteiger partial charge in [0, 0.05) is 29.7 Å². The smallest absolute Gasteiger partial charge is 0.0457 e. The second kappa shape index (κ2) is 8.74. The predicted octanol–water partition coefficient (Wildman–Crippen LogP) is 4.01. The summed E-state index contributed by atoms with van der Waals surface area (Å²) in [5.74, 6) is 0. The molecule has 1 aromatic heterocycles. The van der Waals surface area contributed by atoms with Crippen molar-refractivity contribution < 1.29 is 0 Å². The zero-order valence-corrected chi connectivity index (χ0v) is 15.5. The highest BCUT2D eigenvalue weighted by atomic mass is 35.5. The van der Waals surface area contributed by atoms with Gasteiger partial charge in [-0.15, -0.1) is 24.8 Å². The van der Waals surface area contributed by atoms with Crippen LogP contribution in [0.5, 0.6) is 0 Å². The van der Waals surface area contributed by atoms with E-state index < -0.39 is 0 Å². The van der Waals surface area contributed by atoms with E-state index in [0.717, 1.165) is 32.2 Å². The average Bonchev–Trinajstić information content (AvgIpc) is 2.88. The van der Waals surface area contributed by atoms with Gasteiger partial charge in [-0.25, -0.2) is 0 Å². The van der Waals surface area contributed by atoms with E-state index in [1.54, 1.807) is 0 Å². The van der Waals surface area contributed by atoms with Crippen LogP contribution in [-0.4, -0.2) is 36.6 Å². The molecule has 3 nitrogen and oxygen atoms in total. The molecule has 0 saturated carbocycles. The van der Waals surface area contributed by atoms with Crippen LogP contribution in [-0.2, 0) is 6.42 Å². The fourth-order valence-corrected chi connectivity index (χ4v) is 3.05. The number of hydrogen-bond acceptors (Lipinski definition) is 2. The molecule has 5 heteroatoms. The van der Waals surface area contributed by atoms with Crippen LogP contribution in [0.2, 0.25) is 0 Å². The maximum atomic E-state index is 5.99. The number of nitrogens with one attached hydrogen (secondary N) is 1. The zero-order valence-electron chi connectivity index (χ0n) is 13.8. The normalized spacial score (nSPS) is 17.6. The molecule has 1 unspecified atom stereocenters. The number of rotatable bonds is 4. The molecule has 0 bridgehead atoms. The molecular weight excluding hydrogens is 329 g/mol. The van der Waals surface area contributed by atoms with E-state index in [1.807, 2.05) is 0 Å². The monoisotopic (exact) mass is 355 g/mol. The van der Waals surface area contributed by atoms with Gasteiger partial charge in [-0.2, -0.15) is 0 Å². The van der Waals surface area contributed by atoms with Crippen molar-refractivity contribution in [2.24, 2.45) is 5.73 Å². The van der Waals surface area contributed by atoms with Gasteiger partial charge in [-0.1, -0.05) is 12.1 Å². The van der Waals surface area contributed by atoms with E-state index in [4.69, 9.17) is 5.73 Å². The van der Waals surface area contributed by atoms with Crippen molar-refractivity contribution in [3.8, 4) is 0 Å². The molecule has 3 N–H and O–H groups in total. The van der Waals surface area contributed by atoms with E-state index in [1.165, 1.54) is 27.6 Å². The van der Waals surface area contributed by atoms with Crippen molar-refractivity contribution in [1.82, 2.24) is 9.88 Å². The molecule has 0 amide bonds. The van der Waals surface area contributed by atoms with Gasteiger partial charge < -0.3 is 15.6 Å². The zero-order chi connectivity index (χ0) is 14.8. The molecular formula is C18H27Cl2N3. The minimum atomic E-state index is 0. The lowest BCUT2D eigenvalue weighted by molar-refractivity contribution is 0.414. The number of aromatic nitrogens is 1. The summed E-state index contributed by atoms with van der Waals surface area (Å²) < 4.78 is 0. The molecule has 0 fully saturated rings. The van der Waals surface area contributed by atoms with Gasteiger partial charge in [-0.3, -0.25) is 0 Å². The fourth-order valence-electron chi connectivity index (χ4n) is 3.05. The Morgan fingerprint density at radius 2 is 2.04 bits per heavy atom. The molecule has 0 aliphatic heterocycles. The maximum Gasteiger partial charge on any atom is 0.0457 e. The molecule has 0 radical (unpaired) electrons. The summed E-state index contributed by atoms with van der Waals surface area (Å²) in [6.07, 6.45) is 8.77. The molecule has 1 aliphatic carbocycles. The minimum absolute atomic E-state index is 0. The fraction of sp³-hybridized carbons (Fsp3) is 0.444. The third-order valence-corrected chi connectivity index (χ3v) is 4.42. The summed E-state index contributed by atoms with van der Waals surface area (Å²) >= 11 is 0. The van der Waals surface area contributed by atoms with Crippen LogP contribution in [0.3, 0.4) is 0 Å². The standard InChI is InChI=1S/C18H25N3.2ClH/c1-21(2)10-9-15-12-20-18-8-5-14(11-17(15)18)13-3-6-16(19)7-4-13;;/h3,5,8,11-12,16,20H,4,6-7,9-10,19H2,1-2H3;2*1H. The molecule has 1 aromatic carbocycles. The van der Waals surface area contributed by atoms with Crippen LogP contribution in [0.25, 0.3) is 16.5 Å². The van der Waals surface area contributed by atoms with Gasteiger partial charge in [0.1, 0.15) is 0 Å². The summed E-state index contributed by atoms with van der Waals surface area (Å²) in [5.41, 5.74) is 11.5. The Balaban J connectivity index is 0.00000132. The summed E-state index contributed by atoms with van der Waals surface area (Å²) in [7, 11) is 4.24. The summed E-state index contributed by atoms with van der Waals surface area (Å²) in [6, 6.07) is 7.14. The van der Waals surface area contributed by atoms with Gasteiger partial charge in [0.05, 0.1) is 0 Å². The van der Waals surface area contributed by atoms with Gasteiger partial charge in [0.25, 0.3) is 0 Å². The predicted molar refractivity (Wildman–Crippen MR) is 105 cm³/mol. The number of aromatic amines is 1. The van der Waals surface area contributed by atoms with E-state index in [9.17, 15) is 0 Å². The van der Waals surface area contributed by atoms with Gasteiger partial charge in [-0.05, 0) is 68.6 Å². The number of nitrogens with zero attached hydrogens (tertiary/aromatic N) is 1. The van der Waals surface area contributed by atoms with Crippen molar-refractivity contribution in [1.29, 1.82) is 0 Å². The number of benzene rings is 1. The molecule has 1 aliphatic rings. The topological polar surface area (TPSA) is 45.0 Å². The second-order valence-electron chi connectivity index (χ2n) is 6.39. The molecule has 0 spiro atoms. The SMILES string of the molecule is CN(C)CCc1c[nH]c2ccc(C3=CCC(N)CC3)cc12.Cl.Cl. The van der Waals surface area contributed by atoms with E-state index >= 15 is 0 Å². The van der Waals surface area contributed by atoms with Gasteiger partial charge in [0.2, 0.25) is 0 Å². The Morgan fingerprint density at radius 3 is 2.70 bits per heavy atom. The van der Waals surface area contributed by atoms with Crippen molar-refractivity contribution in [2.45, 2.75) is 31.7 Å². The van der Waals surface area contributed by atoms with Crippen molar-refractivity contribution in [3.05, 3.63) is 41.6 Å². The minimum Gasteiger partial charge on any atom is -0.361 e. The van der Waals surface area contributed by atoms with E-state index in [-0.39, 0.29) is 24.8 Å². The quantitative estimate of drug-likeness (QED) is 0.869. The third kappa shape index (κ3) is 4.74. The highest BCUT2D eigenvalue weighted by Crippen LogP contribution is 2.29. The number of H-pyrrole nitrogens is 1. The number of allylic oxidation sites excluding steroid dienone is 1. The lowest BCUT2D eigenvalue weighted by Gasteiger charge is -2.18. The highest BCUT2D eigenvalue weighted by molar-refractivity contribution is 5.87. The van der Waals surface area contributed by atoms with Crippen molar-refractivity contribution >= 4 is 41.3 Å². The lowest BCUT2D eigenvalue weighted by Crippen LogP contribution is -2.21. The lowest BCUT2D eigenvalue weighted by atomic mass is 9.90. The molecule has 2 aromatic rings. The first-order chi connectivity index (χ1) is 10.1. The van der Waals surface area contributed by atoms with Crippen LogP contribution in [0.1, 0.15) is 30.4 Å². The molecule has 1 atom stereocenters. The number of fused-ring (bicyclic) bond motifs is 1. The Hall–Kier alpha value is -1.000. The number of halogens is 2.